The number of benzene rings is 2. The standard InChI is InChI=1S/C25H32N2O5/c1-16-9-10-17(2)24(18(16)3)32-15-22(28)27-13-11-19(12-14-27)26-25(29)23-20(30-4)7-6-8-21(23)31-5/h6-10,19H,11-15H2,1-5H3,(H,26,29). The molecule has 0 aliphatic carbocycles. The van der Waals surface area contributed by atoms with Crippen LogP contribution in [0, 0.1) is 20.8 Å². The first-order valence-electron chi connectivity index (χ1n) is 10.8. The number of nitrogens with zero attached hydrogens (tertiary/aromatic N) is 1. The Morgan fingerprint density at radius 3 is 2.16 bits per heavy atom. The van der Waals surface area contributed by atoms with Crippen molar-refractivity contribution < 1.29 is 23.8 Å². The lowest BCUT2D eigenvalue weighted by molar-refractivity contribution is -0.134. The Bertz CT molecular complexity index is 958. The Kier molecular flexibility index (Phi) is 7.62. The van der Waals surface area contributed by atoms with Crippen molar-refractivity contribution in [1.29, 1.82) is 0 Å². The lowest BCUT2D eigenvalue weighted by Gasteiger charge is -2.32. The SMILES string of the molecule is COc1cccc(OC)c1C(=O)NC1CCN(C(=O)COc2c(C)ccc(C)c2C)CC1. The summed E-state index contributed by atoms with van der Waals surface area (Å²) in [4.78, 5) is 27.3. The molecule has 7 heteroatoms. The second-order valence-corrected chi connectivity index (χ2v) is 8.11. The highest BCUT2D eigenvalue weighted by atomic mass is 16.5. The zero-order valence-electron chi connectivity index (χ0n) is 19.5. The first-order valence-corrected chi connectivity index (χ1v) is 10.8. The van der Waals surface area contributed by atoms with Crippen molar-refractivity contribution in [3.05, 3.63) is 52.6 Å². The summed E-state index contributed by atoms with van der Waals surface area (Å²) in [5, 5.41) is 3.05. The molecule has 0 radical (unpaired) electrons. The van der Waals surface area contributed by atoms with E-state index in [0.717, 1.165) is 22.4 Å². The van der Waals surface area contributed by atoms with Gasteiger partial charge in [0.15, 0.2) is 6.61 Å². The number of amides is 2. The summed E-state index contributed by atoms with van der Waals surface area (Å²) < 4.78 is 16.5. The maximum atomic E-state index is 12.9. The second-order valence-electron chi connectivity index (χ2n) is 8.11. The van der Waals surface area contributed by atoms with Gasteiger partial charge >= 0.3 is 0 Å². The van der Waals surface area contributed by atoms with E-state index in [9.17, 15) is 9.59 Å². The van der Waals surface area contributed by atoms with Gasteiger partial charge in [-0.1, -0.05) is 18.2 Å². The van der Waals surface area contributed by atoms with Gasteiger partial charge in [-0.15, -0.1) is 0 Å². The second kappa shape index (κ2) is 10.4. The zero-order chi connectivity index (χ0) is 23.3. The van der Waals surface area contributed by atoms with Crippen LogP contribution in [0.25, 0.3) is 0 Å². The third kappa shape index (κ3) is 5.15. The average molecular weight is 441 g/mol. The molecule has 0 aromatic heterocycles. The minimum atomic E-state index is -0.238. The topological polar surface area (TPSA) is 77.1 Å². The molecule has 0 spiro atoms. The molecule has 1 fully saturated rings. The summed E-state index contributed by atoms with van der Waals surface area (Å²) in [5.41, 5.74) is 3.61. The van der Waals surface area contributed by atoms with E-state index < -0.39 is 0 Å². The fraction of sp³-hybridized carbons (Fsp3) is 0.440. The average Bonchev–Trinajstić information content (AvgIpc) is 2.81. The molecule has 1 aliphatic heterocycles. The molecule has 0 bridgehead atoms. The van der Waals surface area contributed by atoms with Crippen LogP contribution in [0.2, 0.25) is 0 Å². The molecule has 2 amide bonds. The van der Waals surface area contributed by atoms with Gasteiger partial charge in [-0.05, 0) is 62.4 Å². The highest BCUT2D eigenvalue weighted by molar-refractivity contribution is 5.99. The van der Waals surface area contributed by atoms with Crippen molar-refractivity contribution in [3.63, 3.8) is 0 Å². The van der Waals surface area contributed by atoms with Crippen molar-refractivity contribution in [1.82, 2.24) is 10.2 Å². The predicted octanol–water partition coefficient (Wildman–Crippen LogP) is 3.43. The molecule has 3 rings (SSSR count). The van der Waals surface area contributed by atoms with E-state index >= 15 is 0 Å². The molecule has 2 aromatic carbocycles. The number of hydrogen-bond acceptors (Lipinski definition) is 5. The molecular weight excluding hydrogens is 408 g/mol. The lowest BCUT2D eigenvalue weighted by Crippen LogP contribution is -2.47. The summed E-state index contributed by atoms with van der Waals surface area (Å²) in [7, 11) is 3.05. The molecular formula is C25H32N2O5. The number of rotatable bonds is 7. The molecule has 0 atom stereocenters. The van der Waals surface area contributed by atoms with Gasteiger partial charge in [-0.2, -0.15) is 0 Å². The van der Waals surface area contributed by atoms with Crippen LogP contribution in [0.4, 0.5) is 0 Å². The first-order chi connectivity index (χ1) is 15.3. The summed E-state index contributed by atoms with van der Waals surface area (Å²) in [5.74, 6) is 1.44. The van der Waals surface area contributed by atoms with E-state index in [1.54, 1.807) is 23.1 Å². The predicted molar refractivity (Wildman–Crippen MR) is 123 cm³/mol. The molecule has 32 heavy (non-hydrogen) atoms. The number of likely N-dealkylation sites (tertiary alicyclic amines) is 1. The third-order valence-corrected chi connectivity index (χ3v) is 6.05. The Morgan fingerprint density at radius 2 is 1.56 bits per heavy atom. The van der Waals surface area contributed by atoms with Gasteiger partial charge in [0.05, 0.1) is 14.2 Å². The maximum absolute atomic E-state index is 12.9. The number of carbonyl (C=O) groups excluding carboxylic acids is 2. The van der Waals surface area contributed by atoms with Crippen LogP contribution in [0.15, 0.2) is 30.3 Å². The molecule has 0 unspecified atom stereocenters. The quantitative estimate of drug-likeness (QED) is 0.714. The van der Waals surface area contributed by atoms with Crippen LogP contribution < -0.4 is 19.5 Å². The molecule has 1 aliphatic rings. The number of carbonyl (C=O) groups is 2. The summed E-state index contributed by atoms with van der Waals surface area (Å²) in [6.07, 6.45) is 1.36. The molecule has 172 valence electrons. The number of aryl methyl sites for hydroxylation is 2. The Hall–Kier alpha value is -3.22. The van der Waals surface area contributed by atoms with Crippen molar-refractivity contribution in [2.75, 3.05) is 33.9 Å². The van der Waals surface area contributed by atoms with E-state index in [1.165, 1.54) is 14.2 Å². The van der Waals surface area contributed by atoms with Crippen molar-refractivity contribution in [3.8, 4) is 17.2 Å². The van der Waals surface area contributed by atoms with Crippen LogP contribution in [-0.4, -0.2) is 56.7 Å². The maximum Gasteiger partial charge on any atom is 0.260 e. The molecule has 2 aromatic rings. The third-order valence-electron chi connectivity index (χ3n) is 6.05. The van der Waals surface area contributed by atoms with Crippen LogP contribution >= 0.6 is 0 Å². The van der Waals surface area contributed by atoms with Gasteiger partial charge in [0.2, 0.25) is 0 Å². The van der Waals surface area contributed by atoms with Crippen LogP contribution in [0.1, 0.15) is 39.9 Å². The Labute approximate surface area is 189 Å². The van der Waals surface area contributed by atoms with Gasteiger partial charge in [0, 0.05) is 19.1 Å². The van der Waals surface area contributed by atoms with Crippen LogP contribution in [0.5, 0.6) is 17.2 Å². The lowest BCUT2D eigenvalue weighted by atomic mass is 10.0. The van der Waals surface area contributed by atoms with E-state index in [0.29, 0.717) is 43.0 Å². The number of piperidine rings is 1. The highest BCUT2D eigenvalue weighted by Gasteiger charge is 2.26. The molecule has 1 heterocycles. The van der Waals surface area contributed by atoms with Gasteiger partial charge in [0.1, 0.15) is 22.8 Å². The van der Waals surface area contributed by atoms with E-state index in [-0.39, 0.29) is 24.5 Å². The Morgan fingerprint density at radius 1 is 0.969 bits per heavy atom. The van der Waals surface area contributed by atoms with Gasteiger partial charge in [-0.3, -0.25) is 9.59 Å². The normalized spacial score (nSPS) is 14.1. The molecule has 1 N–H and O–H groups in total. The smallest absolute Gasteiger partial charge is 0.260 e. The van der Waals surface area contributed by atoms with Gasteiger partial charge in [0.25, 0.3) is 11.8 Å². The number of ether oxygens (including phenoxy) is 3. The minimum absolute atomic E-state index is 0.0145. The van der Waals surface area contributed by atoms with Crippen molar-refractivity contribution >= 4 is 11.8 Å². The summed E-state index contributed by atoms with van der Waals surface area (Å²) >= 11 is 0. The molecule has 1 saturated heterocycles. The van der Waals surface area contributed by atoms with Gasteiger partial charge in [-0.25, -0.2) is 0 Å². The van der Waals surface area contributed by atoms with Crippen molar-refractivity contribution in [2.24, 2.45) is 0 Å². The summed E-state index contributed by atoms with van der Waals surface area (Å²) in [6, 6.07) is 9.28. The van der Waals surface area contributed by atoms with Crippen molar-refractivity contribution in [2.45, 2.75) is 39.7 Å². The van der Waals surface area contributed by atoms with E-state index in [4.69, 9.17) is 14.2 Å². The number of hydrogen-bond donors (Lipinski definition) is 1. The van der Waals surface area contributed by atoms with Gasteiger partial charge < -0.3 is 24.4 Å². The molecule has 0 saturated carbocycles. The largest absolute Gasteiger partial charge is 0.496 e. The fourth-order valence-corrected chi connectivity index (χ4v) is 3.98. The zero-order valence-corrected chi connectivity index (χ0v) is 19.5. The Balaban J connectivity index is 1.54. The molecule has 7 nitrogen and oxygen atoms in total. The number of nitrogens with one attached hydrogen (secondary N) is 1. The summed E-state index contributed by atoms with van der Waals surface area (Å²) in [6.45, 7) is 7.18. The highest BCUT2D eigenvalue weighted by Crippen LogP contribution is 2.29. The monoisotopic (exact) mass is 440 g/mol. The van der Waals surface area contributed by atoms with E-state index in [1.807, 2.05) is 26.8 Å². The van der Waals surface area contributed by atoms with Crippen LogP contribution in [-0.2, 0) is 4.79 Å². The van der Waals surface area contributed by atoms with E-state index in [2.05, 4.69) is 11.4 Å². The fourth-order valence-electron chi connectivity index (χ4n) is 3.98. The minimum Gasteiger partial charge on any atom is -0.496 e. The first kappa shape index (κ1) is 23.4. The van der Waals surface area contributed by atoms with Crippen LogP contribution in [0.3, 0.4) is 0 Å². The number of methoxy groups -OCH3 is 2.